The number of nitrogens with zero attached hydrogens (tertiary/aromatic N) is 1. The maximum Gasteiger partial charge on any atom is 0.341 e. The van der Waals surface area contributed by atoms with Gasteiger partial charge in [0, 0.05) is 24.5 Å². The van der Waals surface area contributed by atoms with Gasteiger partial charge in [0.15, 0.2) is 0 Å². The van der Waals surface area contributed by atoms with Crippen LogP contribution in [0.15, 0.2) is 29.6 Å². The maximum absolute atomic E-state index is 12.5. The summed E-state index contributed by atoms with van der Waals surface area (Å²) in [5.41, 5.74) is 2.92. The molecule has 2 amide bonds. The van der Waals surface area contributed by atoms with E-state index in [1.165, 1.54) is 23.3 Å². The number of aliphatic carboxylic acids is 1. The van der Waals surface area contributed by atoms with Gasteiger partial charge in [0.1, 0.15) is 10.6 Å². The first-order valence-electron chi connectivity index (χ1n) is 8.43. The first-order valence-corrected chi connectivity index (χ1v) is 9.31. The number of carboxylic acids is 1. The molecule has 2 rings (SSSR count). The van der Waals surface area contributed by atoms with E-state index >= 15 is 0 Å². The zero-order valence-electron chi connectivity index (χ0n) is 15.4. The van der Waals surface area contributed by atoms with Crippen LogP contribution in [-0.4, -0.2) is 48.2 Å². The molecule has 0 spiro atoms. The first-order chi connectivity index (χ1) is 12.8. The molecule has 1 heterocycles. The highest BCUT2D eigenvalue weighted by Gasteiger charge is 2.23. The molecule has 0 radical (unpaired) electrons. The van der Waals surface area contributed by atoms with Crippen LogP contribution in [-0.2, 0) is 9.53 Å². The highest BCUT2D eigenvalue weighted by molar-refractivity contribution is 7.15. The van der Waals surface area contributed by atoms with E-state index in [0.29, 0.717) is 16.1 Å². The van der Waals surface area contributed by atoms with Gasteiger partial charge in [-0.25, -0.2) is 9.59 Å². The molecule has 2 N–H and O–H groups in total. The van der Waals surface area contributed by atoms with Crippen LogP contribution in [0.25, 0.3) is 11.1 Å². The number of nitrogens with one attached hydrogen (secondary N) is 1. The van der Waals surface area contributed by atoms with E-state index in [1.807, 2.05) is 31.2 Å². The Bertz CT molecular complexity index is 829. The molecule has 0 aliphatic rings. The predicted molar refractivity (Wildman–Crippen MR) is 104 cm³/mol. The Morgan fingerprint density at radius 3 is 2.48 bits per heavy atom. The quantitative estimate of drug-likeness (QED) is 0.700. The molecule has 0 aliphatic carbocycles. The summed E-state index contributed by atoms with van der Waals surface area (Å²) in [6.07, 6.45) is -0.159. The summed E-state index contributed by atoms with van der Waals surface area (Å²) < 4.78 is 5.16. The number of amides is 2. The first kappa shape index (κ1) is 20.4. The molecule has 0 aliphatic heterocycles. The normalized spacial score (nSPS) is 10.3. The standard InChI is InChI=1S/C19H22N2O5S/c1-4-26-18(24)16-14(13-7-5-12(2)6-8-13)11-27-17(16)20-19(25)21(3)10-9-15(22)23/h5-8,11H,4,9-10H2,1-3H3,(H,20,25)(H,22,23). The van der Waals surface area contributed by atoms with Crippen LogP contribution >= 0.6 is 11.3 Å². The number of ether oxygens (including phenoxy) is 1. The number of carbonyl (C=O) groups is 3. The second-order valence-electron chi connectivity index (χ2n) is 5.94. The molecule has 0 saturated carbocycles. The third-order valence-electron chi connectivity index (χ3n) is 3.86. The molecule has 2 aromatic rings. The molecule has 0 bridgehead atoms. The third-order valence-corrected chi connectivity index (χ3v) is 4.76. The van der Waals surface area contributed by atoms with Gasteiger partial charge >= 0.3 is 18.0 Å². The van der Waals surface area contributed by atoms with E-state index in [4.69, 9.17) is 9.84 Å². The van der Waals surface area contributed by atoms with Crippen LogP contribution in [0.3, 0.4) is 0 Å². The molecule has 8 heteroatoms. The van der Waals surface area contributed by atoms with Crippen molar-refractivity contribution in [1.82, 2.24) is 4.90 Å². The minimum absolute atomic E-state index is 0.0616. The zero-order chi connectivity index (χ0) is 20.0. The van der Waals surface area contributed by atoms with Gasteiger partial charge < -0.3 is 14.7 Å². The van der Waals surface area contributed by atoms with E-state index in [0.717, 1.165) is 11.1 Å². The molecule has 0 fully saturated rings. The van der Waals surface area contributed by atoms with Crippen LogP contribution in [0.1, 0.15) is 29.3 Å². The lowest BCUT2D eigenvalue weighted by Crippen LogP contribution is -2.33. The zero-order valence-corrected chi connectivity index (χ0v) is 16.3. The minimum Gasteiger partial charge on any atom is -0.481 e. The second-order valence-corrected chi connectivity index (χ2v) is 6.82. The van der Waals surface area contributed by atoms with E-state index in [-0.39, 0.29) is 19.6 Å². The molecular formula is C19H22N2O5S. The van der Waals surface area contributed by atoms with Crippen molar-refractivity contribution in [2.45, 2.75) is 20.3 Å². The van der Waals surface area contributed by atoms with Crippen LogP contribution in [0, 0.1) is 6.92 Å². The summed E-state index contributed by atoms with van der Waals surface area (Å²) in [7, 11) is 1.50. The van der Waals surface area contributed by atoms with Crippen molar-refractivity contribution in [3.63, 3.8) is 0 Å². The van der Waals surface area contributed by atoms with E-state index in [2.05, 4.69) is 5.32 Å². The highest BCUT2D eigenvalue weighted by Crippen LogP contribution is 2.36. The van der Waals surface area contributed by atoms with Crippen molar-refractivity contribution in [1.29, 1.82) is 0 Å². The average molecular weight is 390 g/mol. The van der Waals surface area contributed by atoms with Crippen LogP contribution in [0.4, 0.5) is 9.80 Å². The van der Waals surface area contributed by atoms with Gasteiger partial charge in [-0.1, -0.05) is 29.8 Å². The number of carboxylic acid groups (broad SMARTS) is 1. The Morgan fingerprint density at radius 1 is 1.22 bits per heavy atom. The van der Waals surface area contributed by atoms with Crippen LogP contribution in [0.5, 0.6) is 0 Å². The van der Waals surface area contributed by atoms with Gasteiger partial charge in [0.2, 0.25) is 0 Å². The largest absolute Gasteiger partial charge is 0.481 e. The van der Waals surface area contributed by atoms with Crippen molar-refractivity contribution in [3.05, 3.63) is 40.8 Å². The second kappa shape index (κ2) is 9.18. The molecule has 144 valence electrons. The predicted octanol–water partition coefficient (Wildman–Crippen LogP) is 3.84. The minimum atomic E-state index is -0.986. The van der Waals surface area contributed by atoms with E-state index in [9.17, 15) is 14.4 Å². The summed E-state index contributed by atoms with van der Waals surface area (Å²) >= 11 is 1.22. The average Bonchev–Trinajstić information content (AvgIpc) is 3.04. The van der Waals surface area contributed by atoms with Crippen molar-refractivity contribution in [3.8, 4) is 11.1 Å². The number of rotatable bonds is 7. The number of carbonyl (C=O) groups excluding carboxylic acids is 2. The number of anilines is 1. The molecule has 0 unspecified atom stereocenters. The smallest absolute Gasteiger partial charge is 0.341 e. The molecular weight excluding hydrogens is 368 g/mol. The fourth-order valence-electron chi connectivity index (χ4n) is 2.36. The van der Waals surface area contributed by atoms with Gasteiger partial charge in [0.05, 0.1) is 13.0 Å². The maximum atomic E-state index is 12.5. The fourth-order valence-corrected chi connectivity index (χ4v) is 3.31. The lowest BCUT2D eigenvalue weighted by molar-refractivity contribution is -0.137. The fraction of sp³-hybridized carbons (Fsp3) is 0.316. The molecule has 7 nitrogen and oxygen atoms in total. The van der Waals surface area contributed by atoms with E-state index < -0.39 is 18.0 Å². The van der Waals surface area contributed by atoms with E-state index in [1.54, 1.807) is 12.3 Å². The van der Waals surface area contributed by atoms with Gasteiger partial charge in [-0.3, -0.25) is 10.1 Å². The summed E-state index contributed by atoms with van der Waals surface area (Å²) in [6, 6.07) is 7.22. The molecule has 27 heavy (non-hydrogen) atoms. The number of thiophene rings is 1. The number of hydrogen-bond acceptors (Lipinski definition) is 5. The van der Waals surface area contributed by atoms with Crippen molar-refractivity contribution >= 4 is 34.3 Å². The van der Waals surface area contributed by atoms with Gasteiger partial charge in [-0.15, -0.1) is 11.3 Å². The summed E-state index contributed by atoms with van der Waals surface area (Å²) in [4.78, 5) is 36.7. The Balaban J connectivity index is 2.30. The number of aryl methyl sites for hydroxylation is 1. The lowest BCUT2D eigenvalue weighted by Gasteiger charge is -2.17. The van der Waals surface area contributed by atoms with Crippen molar-refractivity contribution < 1.29 is 24.2 Å². The summed E-state index contributed by atoms with van der Waals surface area (Å²) in [5.74, 6) is -1.50. The van der Waals surface area contributed by atoms with Crippen LogP contribution in [0.2, 0.25) is 0 Å². The molecule has 1 aromatic heterocycles. The Labute approximate surface area is 161 Å². The van der Waals surface area contributed by atoms with Crippen LogP contribution < -0.4 is 5.32 Å². The highest BCUT2D eigenvalue weighted by atomic mass is 32.1. The Kier molecular flexibility index (Phi) is 6.95. The SMILES string of the molecule is CCOC(=O)c1c(-c2ccc(C)cc2)csc1NC(=O)N(C)CCC(=O)O. The van der Waals surface area contributed by atoms with Crippen molar-refractivity contribution in [2.75, 3.05) is 25.5 Å². The number of hydrogen-bond donors (Lipinski definition) is 2. The lowest BCUT2D eigenvalue weighted by atomic mass is 10.0. The third kappa shape index (κ3) is 5.30. The number of esters is 1. The van der Waals surface area contributed by atoms with Crippen molar-refractivity contribution in [2.24, 2.45) is 0 Å². The monoisotopic (exact) mass is 390 g/mol. The number of benzene rings is 1. The summed E-state index contributed by atoms with van der Waals surface area (Å²) in [5, 5.41) is 13.6. The van der Waals surface area contributed by atoms with Gasteiger partial charge in [0.25, 0.3) is 0 Å². The topological polar surface area (TPSA) is 95.9 Å². The molecule has 1 aromatic carbocycles. The van der Waals surface area contributed by atoms with Gasteiger partial charge in [-0.2, -0.15) is 0 Å². The Morgan fingerprint density at radius 2 is 1.89 bits per heavy atom. The number of urea groups is 1. The Hall–Kier alpha value is -2.87. The van der Waals surface area contributed by atoms with Gasteiger partial charge in [-0.05, 0) is 19.4 Å². The summed E-state index contributed by atoms with van der Waals surface area (Å²) in [6.45, 7) is 3.97. The molecule has 0 saturated heterocycles. The molecule has 0 atom stereocenters.